The van der Waals surface area contributed by atoms with Crippen LogP contribution in [0.25, 0.3) is 0 Å². The minimum Gasteiger partial charge on any atom is -0.504 e. The van der Waals surface area contributed by atoms with Gasteiger partial charge < -0.3 is 9.47 Å². The summed E-state index contributed by atoms with van der Waals surface area (Å²) in [5, 5.41) is 0. The molecular formula is C18H34O2. The summed E-state index contributed by atoms with van der Waals surface area (Å²) in [6.07, 6.45) is 13.8. The van der Waals surface area contributed by atoms with Crippen molar-refractivity contribution in [2.24, 2.45) is 5.41 Å². The van der Waals surface area contributed by atoms with Crippen LogP contribution in [-0.2, 0) is 9.47 Å². The lowest BCUT2D eigenvalue weighted by Crippen LogP contribution is -2.03. The molecule has 0 fully saturated rings. The molecule has 0 heterocycles. The summed E-state index contributed by atoms with van der Waals surface area (Å²) in [6, 6.07) is 0. The number of hydrogen-bond donors (Lipinski definition) is 0. The van der Waals surface area contributed by atoms with E-state index in [4.69, 9.17) is 9.47 Å². The zero-order valence-electron chi connectivity index (χ0n) is 14.0. The van der Waals surface area contributed by atoms with Crippen molar-refractivity contribution in [3.63, 3.8) is 0 Å². The van der Waals surface area contributed by atoms with E-state index < -0.39 is 0 Å². The van der Waals surface area contributed by atoms with E-state index in [9.17, 15) is 0 Å². The molecule has 0 atom stereocenters. The standard InChI is InChI=1S/C18H34O2/c1-17(13-16-19-5)20-15-12-10-8-6-7-9-11-14-18(2,3)4/h13,16H,1,6-12,14-15H2,2-5H3/b16-13+. The maximum Gasteiger partial charge on any atom is 0.115 e. The van der Waals surface area contributed by atoms with Crippen molar-refractivity contribution in [1.82, 2.24) is 0 Å². The Morgan fingerprint density at radius 1 is 0.950 bits per heavy atom. The van der Waals surface area contributed by atoms with Crippen LogP contribution >= 0.6 is 0 Å². The van der Waals surface area contributed by atoms with E-state index in [-0.39, 0.29) is 0 Å². The zero-order valence-corrected chi connectivity index (χ0v) is 14.0. The highest BCUT2D eigenvalue weighted by molar-refractivity contribution is 5.04. The van der Waals surface area contributed by atoms with Crippen LogP contribution in [0.5, 0.6) is 0 Å². The van der Waals surface area contributed by atoms with E-state index in [1.807, 2.05) is 0 Å². The Hall–Kier alpha value is -0.920. The fraction of sp³-hybridized carbons (Fsp3) is 0.778. The normalized spacial score (nSPS) is 11.8. The second kappa shape index (κ2) is 11.9. The van der Waals surface area contributed by atoms with Gasteiger partial charge in [0.25, 0.3) is 0 Å². The summed E-state index contributed by atoms with van der Waals surface area (Å²) in [4.78, 5) is 0. The molecule has 0 radical (unpaired) electrons. The van der Waals surface area contributed by atoms with Crippen LogP contribution in [0.15, 0.2) is 24.7 Å². The summed E-state index contributed by atoms with van der Waals surface area (Å²) in [5.41, 5.74) is 0.497. The number of unbranched alkanes of at least 4 members (excludes halogenated alkanes) is 6. The molecule has 20 heavy (non-hydrogen) atoms. The van der Waals surface area contributed by atoms with Gasteiger partial charge in [0.05, 0.1) is 20.0 Å². The first-order valence-electron chi connectivity index (χ1n) is 7.97. The van der Waals surface area contributed by atoms with E-state index >= 15 is 0 Å². The Morgan fingerprint density at radius 2 is 1.50 bits per heavy atom. The van der Waals surface area contributed by atoms with E-state index in [2.05, 4.69) is 27.4 Å². The average Bonchev–Trinajstić information content (AvgIpc) is 2.37. The van der Waals surface area contributed by atoms with Crippen molar-refractivity contribution in [2.75, 3.05) is 13.7 Å². The lowest BCUT2D eigenvalue weighted by Gasteiger charge is -2.17. The van der Waals surface area contributed by atoms with Gasteiger partial charge in [0.2, 0.25) is 0 Å². The number of methoxy groups -OCH3 is 1. The second-order valence-electron chi connectivity index (χ2n) is 6.64. The van der Waals surface area contributed by atoms with Gasteiger partial charge in [-0.3, -0.25) is 0 Å². The largest absolute Gasteiger partial charge is 0.504 e. The molecule has 0 aromatic heterocycles. The van der Waals surface area contributed by atoms with E-state index in [1.54, 1.807) is 19.4 Å². The molecule has 0 bridgehead atoms. The van der Waals surface area contributed by atoms with Crippen molar-refractivity contribution in [3.8, 4) is 0 Å². The predicted octanol–water partition coefficient (Wildman–Crippen LogP) is 5.84. The zero-order chi connectivity index (χ0) is 15.3. The fourth-order valence-corrected chi connectivity index (χ4v) is 2.04. The highest BCUT2D eigenvalue weighted by Crippen LogP contribution is 2.22. The van der Waals surface area contributed by atoms with Gasteiger partial charge in [-0.2, -0.15) is 0 Å². The minimum absolute atomic E-state index is 0.497. The number of rotatable bonds is 12. The van der Waals surface area contributed by atoms with Crippen LogP contribution in [0.4, 0.5) is 0 Å². The molecular weight excluding hydrogens is 248 g/mol. The maximum atomic E-state index is 5.47. The molecule has 0 aromatic carbocycles. The first kappa shape index (κ1) is 19.1. The molecule has 0 spiro atoms. The van der Waals surface area contributed by atoms with Gasteiger partial charge in [-0.1, -0.05) is 65.9 Å². The molecule has 2 nitrogen and oxygen atoms in total. The second-order valence-corrected chi connectivity index (χ2v) is 6.64. The molecule has 0 aliphatic carbocycles. The summed E-state index contributed by atoms with van der Waals surface area (Å²) < 4.78 is 10.3. The van der Waals surface area contributed by atoms with Crippen LogP contribution < -0.4 is 0 Å². The van der Waals surface area contributed by atoms with Crippen LogP contribution in [0.3, 0.4) is 0 Å². The van der Waals surface area contributed by atoms with Gasteiger partial charge in [0.15, 0.2) is 0 Å². The summed E-state index contributed by atoms with van der Waals surface area (Å²) in [5.74, 6) is 0.675. The highest BCUT2D eigenvalue weighted by atomic mass is 16.5. The first-order chi connectivity index (χ1) is 9.45. The third-order valence-electron chi connectivity index (χ3n) is 3.25. The fourth-order valence-electron chi connectivity index (χ4n) is 2.04. The Balaban J connectivity index is 3.21. The smallest absolute Gasteiger partial charge is 0.115 e. The lowest BCUT2D eigenvalue weighted by atomic mass is 9.89. The van der Waals surface area contributed by atoms with Crippen LogP contribution in [-0.4, -0.2) is 13.7 Å². The molecule has 0 aliphatic heterocycles. The molecule has 118 valence electrons. The third-order valence-corrected chi connectivity index (χ3v) is 3.25. The number of hydrogen-bond acceptors (Lipinski definition) is 2. The van der Waals surface area contributed by atoms with Gasteiger partial charge in [-0.05, 0) is 18.3 Å². The Kier molecular flexibility index (Phi) is 11.3. The van der Waals surface area contributed by atoms with Crippen LogP contribution in [0, 0.1) is 5.41 Å². The third kappa shape index (κ3) is 15.1. The molecule has 0 aliphatic rings. The van der Waals surface area contributed by atoms with Crippen molar-refractivity contribution in [3.05, 3.63) is 24.7 Å². The van der Waals surface area contributed by atoms with Gasteiger partial charge >= 0.3 is 0 Å². The number of allylic oxidation sites excluding steroid dienone is 1. The predicted molar refractivity (Wildman–Crippen MR) is 87.6 cm³/mol. The maximum absolute atomic E-state index is 5.47. The van der Waals surface area contributed by atoms with Crippen molar-refractivity contribution >= 4 is 0 Å². The molecule has 2 heteroatoms. The minimum atomic E-state index is 0.497. The highest BCUT2D eigenvalue weighted by Gasteiger charge is 2.08. The average molecular weight is 282 g/mol. The van der Waals surface area contributed by atoms with E-state index in [1.165, 1.54) is 44.9 Å². The quantitative estimate of drug-likeness (QED) is 0.254. The van der Waals surface area contributed by atoms with Crippen molar-refractivity contribution in [2.45, 2.75) is 72.1 Å². The van der Waals surface area contributed by atoms with E-state index in [0.717, 1.165) is 13.0 Å². The summed E-state index contributed by atoms with van der Waals surface area (Å²) in [6.45, 7) is 11.5. The van der Waals surface area contributed by atoms with Gasteiger partial charge in [-0.15, -0.1) is 0 Å². The summed E-state index contributed by atoms with van der Waals surface area (Å²) in [7, 11) is 1.62. The van der Waals surface area contributed by atoms with Crippen LogP contribution in [0.2, 0.25) is 0 Å². The topological polar surface area (TPSA) is 18.5 Å². The molecule has 0 N–H and O–H groups in total. The molecule has 0 aromatic rings. The van der Waals surface area contributed by atoms with Gasteiger partial charge in [-0.25, -0.2) is 0 Å². The first-order valence-corrected chi connectivity index (χ1v) is 7.97. The van der Waals surface area contributed by atoms with Crippen LogP contribution in [0.1, 0.15) is 72.1 Å². The molecule has 0 saturated carbocycles. The monoisotopic (exact) mass is 282 g/mol. The van der Waals surface area contributed by atoms with E-state index in [0.29, 0.717) is 11.2 Å². The SMILES string of the molecule is C=C(/C=C/OC)OCCCCCCCCCC(C)(C)C. The van der Waals surface area contributed by atoms with Crippen molar-refractivity contribution in [1.29, 1.82) is 0 Å². The van der Waals surface area contributed by atoms with Gasteiger partial charge in [0, 0.05) is 6.08 Å². The Bertz CT molecular complexity index is 261. The molecule has 0 unspecified atom stereocenters. The van der Waals surface area contributed by atoms with Crippen molar-refractivity contribution < 1.29 is 9.47 Å². The summed E-state index contributed by atoms with van der Waals surface area (Å²) >= 11 is 0. The Labute approximate surface area is 126 Å². The number of ether oxygens (including phenoxy) is 2. The molecule has 0 saturated heterocycles. The van der Waals surface area contributed by atoms with Gasteiger partial charge in [0.1, 0.15) is 5.76 Å². The molecule has 0 amide bonds. The molecule has 0 rings (SSSR count). The lowest BCUT2D eigenvalue weighted by molar-refractivity contribution is 0.216. The Morgan fingerprint density at radius 3 is 2.05 bits per heavy atom.